The van der Waals surface area contributed by atoms with Crippen molar-refractivity contribution < 1.29 is 28.6 Å². The van der Waals surface area contributed by atoms with E-state index in [4.69, 9.17) is 14.2 Å². The molecular formula is C28H38N2O6. The number of amides is 2. The SMILES string of the molecule is COc1cccc(CN(CC(=O)[C@H](Cc2ccccc2)NC(=O)OC(C)(C)C)C(=O)OC(C)(C)C)c1. The molecule has 8 nitrogen and oxygen atoms in total. The molecule has 0 heterocycles. The number of alkyl carbamates (subject to hydrolysis) is 1. The number of carbonyl (C=O) groups is 3. The zero-order valence-corrected chi connectivity index (χ0v) is 22.3. The Kier molecular flexibility index (Phi) is 9.90. The van der Waals surface area contributed by atoms with E-state index in [-0.39, 0.29) is 25.3 Å². The number of rotatable bonds is 9. The van der Waals surface area contributed by atoms with Crippen LogP contribution >= 0.6 is 0 Å². The number of benzene rings is 2. The molecule has 0 saturated carbocycles. The molecule has 0 aromatic heterocycles. The summed E-state index contributed by atoms with van der Waals surface area (Å²) in [5.74, 6) is 0.287. The fraction of sp³-hybridized carbons (Fsp3) is 0.464. The van der Waals surface area contributed by atoms with Gasteiger partial charge in [-0.25, -0.2) is 9.59 Å². The predicted molar refractivity (Wildman–Crippen MR) is 138 cm³/mol. The molecule has 0 radical (unpaired) electrons. The van der Waals surface area contributed by atoms with Gasteiger partial charge in [-0.15, -0.1) is 0 Å². The lowest BCUT2D eigenvalue weighted by Gasteiger charge is -2.29. The molecule has 2 amide bonds. The van der Waals surface area contributed by atoms with E-state index >= 15 is 0 Å². The van der Waals surface area contributed by atoms with Crippen LogP contribution in [0.1, 0.15) is 52.7 Å². The first kappa shape index (κ1) is 28.7. The largest absolute Gasteiger partial charge is 0.497 e. The van der Waals surface area contributed by atoms with Crippen molar-refractivity contribution in [2.24, 2.45) is 0 Å². The maximum atomic E-state index is 13.5. The molecule has 8 heteroatoms. The first-order chi connectivity index (χ1) is 16.8. The summed E-state index contributed by atoms with van der Waals surface area (Å²) in [7, 11) is 1.56. The quantitative estimate of drug-likeness (QED) is 0.515. The van der Waals surface area contributed by atoms with E-state index < -0.39 is 29.4 Å². The number of methoxy groups -OCH3 is 1. The van der Waals surface area contributed by atoms with Gasteiger partial charge in [0.2, 0.25) is 0 Å². The molecule has 0 saturated heterocycles. The number of hydrogen-bond donors (Lipinski definition) is 1. The highest BCUT2D eigenvalue weighted by molar-refractivity contribution is 5.91. The summed E-state index contributed by atoms with van der Waals surface area (Å²) in [5, 5.41) is 2.69. The zero-order chi connectivity index (χ0) is 26.9. The second-order valence-electron chi connectivity index (χ2n) is 10.5. The Labute approximate surface area is 213 Å². The number of hydrogen-bond acceptors (Lipinski definition) is 6. The van der Waals surface area contributed by atoms with Gasteiger partial charge < -0.3 is 19.5 Å². The Balaban J connectivity index is 2.29. The Morgan fingerprint density at radius 3 is 2.06 bits per heavy atom. The molecule has 0 fully saturated rings. The molecule has 2 rings (SSSR count). The molecule has 0 aliphatic carbocycles. The molecule has 0 unspecified atom stereocenters. The summed E-state index contributed by atoms with van der Waals surface area (Å²) in [5.41, 5.74) is 0.167. The molecule has 0 aliphatic heterocycles. The smallest absolute Gasteiger partial charge is 0.410 e. The maximum Gasteiger partial charge on any atom is 0.410 e. The minimum atomic E-state index is -0.905. The molecule has 36 heavy (non-hydrogen) atoms. The summed E-state index contributed by atoms with van der Waals surface area (Å²) in [6.07, 6.45) is -1.08. The minimum absolute atomic E-state index is 0.127. The highest BCUT2D eigenvalue weighted by Gasteiger charge is 2.29. The lowest BCUT2D eigenvalue weighted by Crippen LogP contribution is -2.49. The van der Waals surface area contributed by atoms with Crippen LogP contribution in [-0.2, 0) is 27.2 Å². The van der Waals surface area contributed by atoms with Crippen LogP contribution in [-0.4, -0.2) is 53.8 Å². The van der Waals surface area contributed by atoms with Crippen LogP contribution in [0.25, 0.3) is 0 Å². The number of carbonyl (C=O) groups excluding carboxylic acids is 3. The monoisotopic (exact) mass is 498 g/mol. The molecule has 0 aliphatic rings. The summed E-state index contributed by atoms with van der Waals surface area (Å²) in [4.78, 5) is 40.4. The maximum absolute atomic E-state index is 13.5. The normalized spacial score (nSPS) is 12.3. The van der Waals surface area contributed by atoms with E-state index in [2.05, 4.69) is 5.32 Å². The second kappa shape index (κ2) is 12.4. The second-order valence-corrected chi connectivity index (χ2v) is 10.5. The van der Waals surface area contributed by atoms with E-state index in [0.29, 0.717) is 5.75 Å². The van der Waals surface area contributed by atoms with Gasteiger partial charge in [0, 0.05) is 6.54 Å². The van der Waals surface area contributed by atoms with Crippen molar-refractivity contribution in [2.45, 2.75) is 71.8 Å². The number of nitrogens with one attached hydrogen (secondary N) is 1. The Morgan fingerprint density at radius 1 is 0.861 bits per heavy atom. The Morgan fingerprint density at radius 2 is 1.47 bits per heavy atom. The van der Waals surface area contributed by atoms with E-state index in [1.165, 1.54) is 4.90 Å². The highest BCUT2D eigenvalue weighted by atomic mass is 16.6. The fourth-order valence-corrected chi connectivity index (χ4v) is 3.35. The molecular weight excluding hydrogens is 460 g/mol. The Hall–Kier alpha value is -3.55. The van der Waals surface area contributed by atoms with Crippen molar-refractivity contribution in [2.75, 3.05) is 13.7 Å². The van der Waals surface area contributed by atoms with Gasteiger partial charge in [0.1, 0.15) is 17.0 Å². The van der Waals surface area contributed by atoms with Crippen LogP contribution in [0.3, 0.4) is 0 Å². The fourth-order valence-electron chi connectivity index (χ4n) is 3.35. The molecule has 1 N–H and O–H groups in total. The molecule has 196 valence electrons. The van der Waals surface area contributed by atoms with Gasteiger partial charge in [0.05, 0.1) is 19.7 Å². The summed E-state index contributed by atoms with van der Waals surface area (Å²) in [6.45, 7) is 10.4. The van der Waals surface area contributed by atoms with Crippen LogP contribution in [0.5, 0.6) is 5.75 Å². The third-order valence-corrected chi connectivity index (χ3v) is 4.87. The van der Waals surface area contributed by atoms with Crippen molar-refractivity contribution in [1.29, 1.82) is 0 Å². The first-order valence-electron chi connectivity index (χ1n) is 11.9. The average Bonchev–Trinajstić information content (AvgIpc) is 2.76. The van der Waals surface area contributed by atoms with Gasteiger partial charge >= 0.3 is 12.2 Å². The number of Topliss-reactive ketones (excluding diaryl/α,β-unsaturated/α-hetero) is 1. The van der Waals surface area contributed by atoms with Gasteiger partial charge in [-0.1, -0.05) is 42.5 Å². The van der Waals surface area contributed by atoms with Gasteiger partial charge in [0.15, 0.2) is 5.78 Å². The van der Waals surface area contributed by atoms with Crippen LogP contribution in [0.2, 0.25) is 0 Å². The molecule has 2 aromatic rings. The predicted octanol–water partition coefficient (Wildman–Crippen LogP) is 5.14. The van der Waals surface area contributed by atoms with Crippen molar-refractivity contribution in [3.63, 3.8) is 0 Å². The van der Waals surface area contributed by atoms with Crippen LogP contribution < -0.4 is 10.1 Å². The zero-order valence-electron chi connectivity index (χ0n) is 22.3. The number of nitrogens with zero attached hydrogens (tertiary/aromatic N) is 1. The average molecular weight is 499 g/mol. The highest BCUT2D eigenvalue weighted by Crippen LogP contribution is 2.18. The van der Waals surface area contributed by atoms with E-state index in [1.807, 2.05) is 42.5 Å². The van der Waals surface area contributed by atoms with Crippen molar-refractivity contribution in [1.82, 2.24) is 10.2 Å². The van der Waals surface area contributed by atoms with Crippen LogP contribution in [0, 0.1) is 0 Å². The van der Waals surface area contributed by atoms with Gasteiger partial charge in [-0.05, 0) is 71.2 Å². The van der Waals surface area contributed by atoms with Gasteiger partial charge in [-0.3, -0.25) is 9.69 Å². The lowest BCUT2D eigenvalue weighted by molar-refractivity contribution is -0.122. The van der Waals surface area contributed by atoms with E-state index in [9.17, 15) is 14.4 Å². The number of ketones is 1. The summed E-state index contributed by atoms with van der Waals surface area (Å²) in [6, 6.07) is 15.7. The van der Waals surface area contributed by atoms with Crippen molar-refractivity contribution in [3.8, 4) is 5.75 Å². The van der Waals surface area contributed by atoms with E-state index in [0.717, 1.165) is 11.1 Å². The van der Waals surface area contributed by atoms with E-state index in [1.54, 1.807) is 60.8 Å². The minimum Gasteiger partial charge on any atom is -0.497 e. The third kappa shape index (κ3) is 10.4. The van der Waals surface area contributed by atoms with Crippen molar-refractivity contribution >= 4 is 18.0 Å². The molecule has 2 aromatic carbocycles. The first-order valence-corrected chi connectivity index (χ1v) is 11.9. The lowest BCUT2D eigenvalue weighted by atomic mass is 10.0. The Bertz CT molecular complexity index is 1020. The third-order valence-electron chi connectivity index (χ3n) is 4.87. The summed E-state index contributed by atoms with van der Waals surface area (Å²) >= 11 is 0. The van der Waals surface area contributed by atoms with Crippen LogP contribution in [0.15, 0.2) is 54.6 Å². The molecule has 1 atom stereocenters. The summed E-state index contributed by atoms with van der Waals surface area (Å²) < 4.78 is 16.2. The van der Waals surface area contributed by atoms with Gasteiger partial charge in [0.25, 0.3) is 0 Å². The topological polar surface area (TPSA) is 94.2 Å². The van der Waals surface area contributed by atoms with Crippen molar-refractivity contribution in [3.05, 3.63) is 65.7 Å². The van der Waals surface area contributed by atoms with Crippen LogP contribution in [0.4, 0.5) is 9.59 Å². The number of ether oxygens (including phenoxy) is 3. The molecule has 0 bridgehead atoms. The molecule has 0 spiro atoms. The van der Waals surface area contributed by atoms with Gasteiger partial charge in [-0.2, -0.15) is 0 Å². The standard InChI is InChI=1S/C28H38N2O6/c1-27(2,3)35-25(32)29-23(17-20-12-9-8-10-13-20)24(31)19-30(26(33)36-28(4,5)6)18-21-14-11-15-22(16-21)34-7/h8-16,23H,17-19H2,1-7H3,(H,29,32)/t23-/m0/s1.